The summed E-state index contributed by atoms with van der Waals surface area (Å²) in [7, 11) is -2.48. The summed E-state index contributed by atoms with van der Waals surface area (Å²) in [6.45, 7) is 0. The Morgan fingerprint density at radius 3 is 1.41 bits per heavy atom. The molecule has 0 bridgehead atoms. The molecule has 0 saturated heterocycles. The molecule has 4 N–H and O–H groups in total. The lowest BCUT2D eigenvalue weighted by Crippen LogP contribution is -2.29. The molecular weight excluding hydrogens is 645 g/mol. The number of aromatic nitrogens is 6. The SMILES string of the molecule is OBOc1ccnc(-c2ccc(-c3cc(-c4ccc(-c5cc(OBO)ccn5)nc4)cc(-c4ccc(-c5cc(B(O)O)ccn5)nc4)c3)nc2)c1. The zero-order chi connectivity index (χ0) is 35.2. The van der Waals surface area contributed by atoms with E-state index >= 15 is 0 Å². The second-order valence-electron chi connectivity index (χ2n) is 11.2. The number of benzene rings is 1. The summed E-state index contributed by atoms with van der Waals surface area (Å²) in [5.74, 6) is 0.986. The van der Waals surface area contributed by atoms with Gasteiger partial charge in [-0.15, -0.1) is 0 Å². The summed E-state index contributed by atoms with van der Waals surface area (Å²) < 4.78 is 10.4. The van der Waals surface area contributed by atoms with Crippen LogP contribution in [0.15, 0.2) is 128 Å². The minimum Gasteiger partial charge on any atom is -0.539 e. The fourth-order valence-corrected chi connectivity index (χ4v) is 5.45. The third-order valence-electron chi connectivity index (χ3n) is 8.01. The molecule has 7 rings (SSSR count). The van der Waals surface area contributed by atoms with Crippen LogP contribution in [-0.4, -0.2) is 72.5 Å². The molecule has 1 aromatic carbocycles. The topological polar surface area (TPSA) is 177 Å². The first-order valence-electron chi connectivity index (χ1n) is 15.7. The Morgan fingerprint density at radius 1 is 0.412 bits per heavy atom. The summed E-state index contributed by atoms with van der Waals surface area (Å²) in [5, 5.41) is 37.5. The van der Waals surface area contributed by atoms with E-state index in [1.165, 1.54) is 12.3 Å². The normalized spacial score (nSPS) is 10.7. The Labute approximate surface area is 294 Å². The molecule has 0 aliphatic rings. The molecule has 7 aromatic rings. The summed E-state index contributed by atoms with van der Waals surface area (Å²) in [4.78, 5) is 27.3. The average molecular weight is 672 g/mol. The second kappa shape index (κ2) is 15.1. The van der Waals surface area contributed by atoms with Crippen molar-refractivity contribution in [2.24, 2.45) is 0 Å². The van der Waals surface area contributed by atoms with Gasteiger partial charge in [-0.3, -0.25) is 29.9 Å². The van der Waals surface area contributed by atoms with E-state index in [0.29, 0.717) is 45.4 Å². The lowest BCUT2D eigenvalue weighted by atomic mass is 9.80. The molecule has 12 nitrogen and oxygen atoms in total. The molecule has 6 heterocycles. The highest BCUT2D eigenvalue weighted by molar-refractivity contribution is 6.58. The minimum absolute atomic E-state index is 0.324. The molecule has 0 fully saturated rings. The van der Waals surface area contributed by atoms with Crippen molar-refractivity contribution in [3.8, 4) is 79.0 Å². The van der Waals surface area contributed by atoms with Crippen LogP contribution in [0, 0.1) is 0 Å². The molecule has 6 aromatic heterocycles. The van der Waals surface area contributed by atoms with Gasteiger partial charge in [0.2, 0.25) is 0 Å². The van der Waals surface area contributed by atoms with Crippen molar-refractivity contribution in [3.05, 3.63) is 128 Å². The standard InChI is InChI=1S/C36H27B3N6O6/c46-37-50-29-8-11-40-34(17-29)24-3-4-31(43-21-24)27-14-25(22-1-5-32(44-19-22)35-16-28(39(48)49)7-10-41-35)13-26(15-27)23-2-6-33(45-20-23)36-18-30(51-38-47)9-12-42-36/h1-21,37-38,46-49H. The van der Waals surface area contributed by atoms with Crippen LogP contribution in [0.5, 0.6) is 11.5 Å². The second-order valence-corrected chi connectivity index (χ2v) is 11.2. The van der Waals surface area contributed by atoms with Crippen molar-refractivity contribution in [3.63, 3.8) is 0 Å². The smallest absolute Gasteiger partial charge is 0.504 e. The van der Waals surface area contributed by atoms with Gasteiger partial charge in [0.05, 0.1) is 34.2 Å². The van der Waals surface area contributed by atoms with Crippen LogP contribution in [0.25, 0.3) is 67.5 Å². The van der Waals surface area contributed by atoms with Crippen molar-refractivity contribution in [2.75, 3.05) is 0 Å². The molecule has 0 aliphatic carbocycles. The van der Waals surface area contributed by atoms with Gasteiger partial charge < -0.3 is 29.4 Å². The monoisotopic (exact) mass is 672 g/mol. The van der Waals surface area contributed by atoms with Gasteiger partial charge in [0.1, 0.15) is 11.5 Å². The Bertz CT molecular complexity index is 2170. The van der Waals surface area contributed by atoms with Crippen LogP contribution in [0.4, 0.5) is 0 Å². The summed E-state index contributed by atoms with van der Waals surface area (Å²) in [5.41, 5.74) is 9.18. The molecule has 0 radical (unpaired) electrons. The molecule has 246 valence electrons. The zero-order valence-electron chi connectivity index (χ0n) is 26.9. The first kappa shape index (κ1) is 33.3. The highest BCUT2D eigenvalue weighted by Gasteiger charge is 2.14. The van der Waals surface area contributed by atoms with Crippen LogP contribution >= 0.6 is 0 Å². The summed E-state index contributed by atoms with van der Waals surface area (Å²) >= 11 is 0. The Hall–Kier alpha value is -6.25. The van der Waals surface area contributed by atoms with Crippen LogP contribution in [0.3, 0.4) is 0 Å². The summed E-state index contributed by atoms with van der Waals surface area (Å²) in [6.07, 6.45) is 9.99. The average Bonchev–Trinajstić information content (AvgIpc) is 3.18. The fraction of sp³-hybridized carbons (Fsp3) is 0. The maximum absolute atomic E-state index is 9.60. The third kappa shape index (κ3) is 7.67. The predicted octanol–water partition coefficient (Wildman–Crippen LogP) is 3.01. The number of pyridine rings is 6. The van der Waals surface area contributed by atoms with Crippen LogP contribution in [0.1, 0.15) is 0 Å². The van der Waals surface area contributed by atoms with E-state index in [2.05, 4.69) is 31.0 Å². The van der Waals surface area contributed by atoms with E-state index in [0.717, 1.165) is 39.1 Å². The largest absolute Gasteiger partial charge is 0.539 e. The summed E-state index contributed by atoms with van der Waals surface area (Å²) in [6, 6.07) is 27.5. The van der Waals surface area contributed by atoms with E-state index < -0.39 is 22.5 Å². The molecular formula is C36H27B3N6O6. The number of rotatable bonds is 11. The molecule has 0 saturated carbocycles. The van der Waals surface area contributed by atoms with Crippen molar-refractivity contribution >= 4 is 28.0 Å². The first-order valence-corrected chi connectivity index (χ1v) is 15.7. The molecule has 0 aliphatic heterocycles. The van der Waals surface area contributed by atoms with Crippen LogP contribution < -0.4 is 14.8 Å². The quantitative estimate of drug-likeness (QED) is 0.148. The lowest BCUT2D eigenvalue weighted by Gasteiger charge is -2.12. The van der Waals surface area contributed by atoms with Crippen LogP contribution in [-0.2, 0) is 0 Å². The lowest BCUT2D eigenvalue weighted by molar-refractivity contribution is 0.425. The molecule has 0 unspecified atom stereocenters. The van der Waals surface area contributed by atoms with E-state index in [1.807, 2.05) is 48.5 Å². The molecule has 0 spiro atoms. The number of nitrogens with zero attached hydrogens (tertiary/aromatic N) is 6. The van der Waals surface area contributed by atoms with E-state index in [9.17, 15) is 10.0 Å². The van der Waals surface area contributed by atoms with E-state index in [4.69, 9.17) is 24.3 Å². The number of hydrogen-bond acceptors (Lipinski definition) is 12. The Morgan fingerprint density at radius 2 is 0.882 bits per heavy atom. The van der Waals surface area contributed by atoms with Gasteiger partial charge in [0.25, 0.3) is 0 Å². The van der Waals surface area contributed by atoms with Crippen molar-refractivity contribution in [1.29, 1.82) is 0 Å². The Kier molecular flexibility index (Phi) is 9.85. The van der Waals surface area contributed by atoms with Gasteiger partial charge in [-0.1, -0.05) is 12.1 Å². The van der Waals surface area contributed by atoms with Gasteiger partial charge in [0.15, 0.2) is 0 Å². The third-order valence-corrected chi connectivity index (χ3v) is 8.01. The predicted molar refractivity (Wildman–Crippen MR) is 196 cm³/mol. The van der Waals surface area contributed by atoms with Gasteiger partial charge in [-0.25, -0.2) is 0 Å². The van der Waals surface area contributed by atoms with Gasteiger partial charge in [-0.05, 0) is 83.3 Å². The highest BCUT2D eigenvalue weighted by Crippen LogP contribution is 2.34. The van der Waals surface area contributed by atoms with Gasteiger partial charge >= 0.3 is 22.5 Å². The van der Waals surface area contributed by atoms with Gasteiger partial charge in [0, 0.05) is 71.6 Å². The Balaban J connectivity index is 1.25. The van der Waals surface area contributed by atoms with Crippen molar-refractivity contribution in [2.45, 2.75) is 0 Å². The molecule has 0 amide bonds. The van der Waals surface area contributed by atoms with Gasteiger partial charge in [-0.2, -0.15) is 0 Å². The number of hydrogen-bond donors (Lipinski definition) is 4. The van der Waals surface area contributed by atoms with E-state index in [-0.39, 0.29) is 0 Å². The maximum atomic E-state index is 9.60. The maximum Gasteiger partial charge on any atom is 0.504 e. The molecule has 51 heavy (non-hydrogen) atoms. The molecule has 15 heteroatoms. The van der Waals surface area contributed by atoms with Crippen molar-refractivity contribution < 1.29 is 29.4 Å². The zero-order valence-corrected chi connectivity index (χ0v) is 26.9. The molecule has 0 atom stereocenters. The highest BCUT2D eigenvalue weighted by atomic mass is 16.5. The first-order chi connectivity index (χ1) is 25.0. The minimum atomic E-state index is -1.61. The fourth-order valence-electron chi connectivity index (χ4n) is 5.45. The van der Waals surface area contributed by atoms with Crippen LogP contribution in [0.2, 0.25) is 0 Å². The van der Waals surface area contributed by atoms with E-state index in [1.54, 1.807) is 61.3 Å². The van der Waals surface area contributed by atoms with Crippen molar-refractivity contribution in [1.82, 2.24) is 29.9 Å².